The predicted molar refractivity (Wildman–Crippen MR) is 65.6 cm³/mol. The number of hydrogen-bond donors (Lipinski definition) is 2. The molecule has 1 aromatic heterocycles. The third kappa shape index (κ3) is 2.40. The molecule has 1 saturated carbocycles. The number of hydrogen-bond acceptors (Lipinski definition) is 4. The summed E-state index contributed by atoms with van der Waals surface area (Å²) >= 11 is 0. The molecule has 0 unspecified atom stereocenters. The number of aliphatic hydroxyl groups is 1. The fourth-order valence-corrected chi connectivity index (χ4v) is 2.37. The van der Waals surface area contributed by atoms with Crippen LogP contribution in [0, 0.1) is 18.3 Å². The second-order valence-corrected chi connectivity index (χ2v) is 4.73. The molecule has 0 aliphatic heterocycles. The highest BCUT2D eigenvalue weighted by Crippen LogP contribution is 2.33. The normalized spacial score (nSPS) is 17.7. The Hall–Kier alpha value is -1.60. The minimum atomic E-state index is -0.285. The number of nitriles is 1. The summed E-state index contributed by atoms with van der Waals surface area (Å²) in [5.74, 6) is 0.600. The maximum atomic E-state index is 9.54. The van der Waals surface area contributed by atoms with Gasteiger partial charge in [0.1, 0.15) is 11.9 Å². The molecule has 0 atom stereocenters. The number of aromatic nitrogens is 1. The van der Waals surface area contributed by atoms with Gasteiger partial charge in [-0.2, -0.15) is 5.26 Å². The lowest BCUT2D eigenvalue weighted by atomic mass is 9.98. The van der Waals surface area contributed by atoms with Crippen molar-refractivity contribution >= 4 is 5.82 Å². The van der Waals surface area contributed by atoms with Crippen LogP contribution < -0.4 is 5.32 Å². The second-order valence-electron chi connectivity index (χ2n) is 4.73. The lowest BCUT2D eigenvalue weighted by Gasteiger charge is -2.29. The molecule has 2 rings (SSSR count). The van der Waals surface area contributed by atoms with Gasteiger partial charge in [0.2, 0.25) is 0 Å². The lowest BCUT2D eigenvalue weighted by molar-refractivity contribution is 0.214. The molecule has 4 nitrogen and oxygen atoms in total. The monoisotopic (exact) mass is 231 g/mol. The Morgan fingerprint density at radius 1 is 1.47 bits per heavy atom. The Morgan fingerprint density at radius 3 is 2.76 bits per heavy atom. The van der Waals surface area contributed by atoms with Crippen molar-refractivity contribution in [3.63, 3.8) is 0 Å². The Morgan fingerprint density at radius 2 is 2.18 bits per heavy atom. The zero-order valence-corrected chi connectivity index (χ0v) is 10.0. The van der Waals surface area contributed by atoms with Crippen LogP contribution in [0.15, 0.2) is 12.1 Å². The number of aryl methyl sites for hydroxylation is 1. The molecule has 0 radical (unpaired) electrons. The molecule has 1 aliphatic rings. The quantitative estimate of drug-likeness (QED) is 0.834. The molecular formula is C13H17N3O. The molecule has 0 spiro atoms. The molecule has 1 aliphatic carbocycles. The van der Waals surface area contributed by atoms with E-state index in [-0.39, 0.29) is 12.1 Å². The summed E-state index contributed by atoms with van der Waals surface area (Å²) in [5.41, 5.74) is 1.12. The predicted octanol–water partition coefficient (Wildman–Crippen LogP) is 1.98. The first-order valence-corrected chi connectivity index (χ1v) is 5.96. The number of nitrogens with zero attached hydrogens (tertiary/aromatic N) is 2. The molecule has 4 heteroatoms. The van der Waals surface area contributed by atoms with E-state index < -0.39 is 0 Å². The zero-order chi connectivity index (χ0) is 12.3. The summed E-state index contributed by atoms with van der Waals surface area (Å²) in [6, 6.07) is 5.72. The molecule has 0 bridgehead atoms. The van der Waals surface area contributed by atoms with Crippen LogP contribution in [-0.2, 0) is 0 Å². The molecule has 1 heterocycles. The van der Waals surface area contributed by atoms with Gasteiger partial charge in [-0.25, -0.2) is 4.98 Å². The number of rotatable bonds is 3. The fourth-order valence-electron chi connectivity index (χ4n) is 2.37. The number of nitrogens with one attached hydrogen (secondary N) is 1. The first-order valence-electron chi connectivity index (χ1n) is 5.96. The van der Waals surface area contributed by atoms with Crippen LogP contribution in [0.25, 0.3) is 0 Å². The van der Waals surface area contributed by atoms with Gasteiger partial charge in [-0.15, -0.1) is 0 Å². The van der Waals surface area contributed by atoms with Crippen molar-refractivity contribution in [3.8, 4) is 6.07 Å². The SMILES string of the molecule is Cc1ccc(C#N)c(NC2(CO)CCCC2)n1. The van der Waals surface area contributed by atoms with E-state index in [1.54, 1.807) is 6.07 Å². The van der Waals surface area contributed by atoms with Crippen molar-refractivity contribution in [1.82, 2.24) is 4.98 Å². The van der Waals surface area contributed by atoms with Crippen LogP contribution in [0.1, 0.15) is 36.9 Å². The van der Waals surface area contributed by atoms with Gasteiger partial charge < -0.3 is 10.4 Å². The highest BCUT2D eigenvalue weighted by molar-refractivity contribution is 5.54. The molecule has 90 valence electrons. The summed E-state index contributed by atoms with van der Waals surface area (Å²) in [5, 5.41) is 21.9. The third-order valence-electron chi connectivity index (χ3n) is 3.40. The number of aliphatic hydroxyl groups excluding tert-OH is 1. The average Bonchev–Trinajstić information content (AvgIpc) is 2.79. The highest BCUT2D eigenvalue weighted by Gasteiger charge is 2.33. The van der Waals surface area contributed by atoms with Crippen LogP contribution in [0.4, 0.5) is 5.82 Å². The van der Waals surface area contributed by atoms with Crippen LogP contribution in [0.2, 0.25) is 0 Å². The molecule has 0 aromatic carbocycles. The van der Waals surface area contributed by atoms with Crippen molar-refractivity contribution in [3.05, 3.63) is 23.4 Å². The van der Waals surface area contributed by atoms with Crippen molar-refractivity contribution in [2.24, 2.45) is 0 Å². The Bertz CT molecular complexity index is 444. The Labute approximate surface area is 101 Å². The molecule has 0 amide bonds. The second kappa shape index (κ2) is 4.72. The van der Waals surface area contributed by atoms with E-state index in [1.165, 1.54) is 0 Å². The van der Waals surface area contributed by atoms with Gasteiger partial charge in [0, 0.05) is 5.69 Å². The van der Waals surface area contributed by atoms with Gasteiger partial charge in [0.05, 0.1) is 17.7 Å². The average molecular weight is 231 g/mol. The summed E-state index contributed by atoms with van der Waals surface area (Å²) in [6.07, 6.45) is 4.09. The molecule has 17 heavy (non-hydrogen) atoms. The first kappa shape index (κ1) is 11.9. The molecular weight excluding hydrogens is 214 g/mol. The topological polar surface area (TPSA) is 68.9 Å². The maximum Gasteiger partial charge on any atom is 0.144 e. The van der Waals surface area contributed by atoms with Gasteiger partial charge in [-0.3, -0.25) is 0 Å². The van der Waals surface area contributed by atoms with Crippen molar-refractivity contribution < 1.29 is 5.11 Å². The van der Waals surface area contributed by atoms with Crippen LogP contribution in [0.5, 0.6) is 0 Å². The minimum Gasteiger partial charge on any atom is -0.394 e. The van der Waals surface area contributed by atoms with Gasteiger partial charge in [0.25, 0.3) is 0 Å². The smallest absolute Gasteiger partial charge is 0.144 e. The summed E-state index contributed by atoms with van der Waals surface area (Å²) in [4.78, 5) is 4.36. The highest BCUT2D eigenvalue weighted by atomic mass is 16.3. The van der Waals surface area contributed by atoms with Crippen molar-refractivity contribution in [1.29, 1.82) is 5.26 Å². The standard InChI is InChI=1S/C13H17N3O/c1-10-4-5-11(8-14)12(15-10)16-13(9-17)6-2-3-7-13/h4-5,17H,2-3,6-7,9H2,1H3,(H,15,16). The lowest BCUT2D eigenvalue weighted by Crippen LogP contribution is -2.39. The molecule has 1 fully saturated rings. The molecule has 0 saturated heterocycles. The van der Waals surface area contributed by atoms with Crippen LogP contribution in [-0.4, -0.2) is 22.2 Å². The van der Waals surface area contributed by atoms with E-state index in [1.807, 2.05) is 13.0 Å². The van der Waals surface area contributed by atoms with Crippen LogP contribution in [0.3, 0.4) is 0 Å². The first-order chi connectivity index (χ1) is 8.19. The van der Waals surface area contributed by atoms with Crippen molar-refractivity contribution in [2.45, 2.75) is 38.1 Å². The van der Waals surface area contributed by atoms with Gasteiger partial charge >= 0.3 is 0 Å². The van der Waals surface area contributed by atoms with Gasteiger partial charge in [0.15, 0.2) is 0 Å². The fraction of sp³-hybridized carbons (Fsp3) is 0.538. The van der Waals surface area contributed by atoms with E-state index >= 15 is 0 Å². The van der Waals surface area contributed by atoms with E-state index in [2.05, 4.69) is 16.4 Å². The molecule has 1 aromatic rings. The third-order valence-corrected chi connectivity index (χ3v) is 3.40. The molecule has 2 N–H and O–H groups in total. The van der Waals surface area contributed by atoms with Crippen LogP contribution >= 0.6 is 0 Å². The van der Waals surface area contributed by atoms with Gasteiger partial charge in [-0.05, 0) is 31.9 Å². The minimum absolute atomic E-state index is 0.0908. The van der Waals surface area contributed by atoms with Gasteiger partial charge in [-0.1, -0.05) is 12.8 Å². The number of pyridine rings is 1. The summed E-state index contributed by atoms with van der Waals surface area (Å²) < 4.78 is 0. The zero-order valence-electron chi connectivity index (χ0n) is 10.0. The summed E-state index contributed by atoms with van der Waals surface area (Å²) in [7, 11) is 0. The number of anilines is 1. The Balaban J connectivity index is 2.28. The van der Waals surface area contributed by atoms with E-state index in [4.69, 9.17) is 5.26 Å². The van der Waals surface area contributed by atoms with E-state index in [0.29, 0.717) is 11.4 Å². The van der Waals surface area contributed by atoms with Crippen molar-refractivity contribution in [2.75, 3.05) is 11.9 Å². The van der Waals surface area contributed by atoms with E-state index in [0.717, 1.165) is 31.4 Å². The van der Waals surface area contributed by atoms with E-state index in [9.17, 15) is 5.11 Å². The largest absolute Gasteiger partial charge is 0.394 e. The summed E-state index contributed by atoms with van der Waals surface area (Å²) in [6.45, 7) is 1.99. The Kier molecular flexibility index (Phi) is 3.30. The maximum absolute atomic E-state index is 9.54.